The lowest BCUT2D eigenvalue weighted by Gasteiger charge is -2.41. The first-order valence-corrected chi connectivity index (χ1v) is 7.22. The lowest BCUT2D eigenvalue weighted by molar-refractivity contribution is 0.416. The summed E-state index contributed by atoms with van der Waals surface area (Å²) in [6.07, 6.45) is 1.86. The summed E-state index contributed by atoms with van der Waals surface area (Å²) in [5.74, 6) is 0. The van der Waals surface area contributed by atoms with E-state index in [1.54, 1.807) is 0 Å². The highest BCUT2D eigenvalue weighted by atomic mass is 15.2. The second-order valence-corrected chi connectivity index (χ2v) is 5.50. The van der Waals surface area contributed by atoms with Crippen LogP contribution in [0, 0.1) is 6.92 Å². The second kappa shape index (κ2) is 5.63. The van der Waals surface area contributed by atoms with Crippen LogP contribution in [0.1, 0.15) is 24.2 Å². The van der Waals surface area contributed by atoms with Gasteiger partial charge in [-0.25, -0.2) is 0 Å². The monoisotopic (exact) mass is 267 g/mol. The van der Waals surface area contributed by atoms with Crippen LogP contribution in [-0.4, -0.2) is 24.1 Å². The molecule has 1 saturated heterocycles. The van der Waals surface area contributed by atoms with Gasteiger partial charge in [0.15, 0.2) is 0 Å². The zero-order valence-corrected chi connectivity index (χ0v) is 12.1. The van der Waals surface area contributed by atoms with E-state index in [0.29, 0.717) is 12.1 Å². The number of benzene rings is 1. The van der Waals surface area contributed by atoms with Crippen molar-refractivity contribution in [3.63, 3.8) is 0 Å². The van der Waals surface area contributed by atoms with Gasteiger partial charge in [0.2, 0.25) is 0 Å². The van der Waals surface area contributed by atoms with Crippen molar-refractivity contribution in [2.75, 3.05) is 18.0 Å². The fourth-order valence-corrected chi connectivity index (χ4v) is 2.93. The van der Waals surface area contributed by atoms with Gasteiger partial charge in [-0.1, -0.05) is 30.3 Å². The Kier molecular flexibility index (Phi) is 3.70. The van der Waals surface area contributed by atoms with Crippen LogP contribution < -0.4 is 10.2 Å². The van der Waals surface area contributed by atoms with Crippen LogP contribution in [0.25, 0.3) is 0 Å². The van der Waals surface area contributed by atoms with Crippen molar-refractivity contribution in [3.8, 4) is 0 Å². The molecule has 2 unspecified atom stereocenters. The van der Waals surface area contributed by atoms with E-state index in [4.69, 9.17) is 0 Å². The molecule has 0 radical (unpaired) electrons. The third-order valence-electron chi connectivity index (χ3n) is 3.98. The summed E-state index contributed by atoms with van der Waals surface area (Å²) in [5.41, 5.74) is 3.70. The Morgan fingerprint density at radius 3 is 2.70 bits per heavy atom. The molecule has 2 heterocycles. The van der Waals surface area contributed by atoms with Crippen LogP contribution in [0.4, 0.5) is 5.69 Å². The number of pyridine rings is 1. The highest BCUT2D eigenvalue weighted by molar-refractivity contribution is 5.53. The fourth-order valence-electron chi connectivity index (χ4n) is 2.93. The Morgan fingerprint density at radius 2 is 1.95 bits per heavy atom. The Bertz CT molecular complexity index is 567. The van der Waals surface area contributed by atoms with Gasteiger partial charge in [0.1, 0.15) is 0 Å². The minimum absolute atomic E-state index is 0.371. The number of aryl methyl sites for hydroxylation is 1. The maximum atomic E-state index is 4.45. The van der Waals surface area contributed by atoms with Crippen molar-refractivity contribution in [3.05, 3.63) is 59.9 Å². The largest absolute Gasteiger partial charge is 0.360 e. The third kappa shape index (κ3) is 2.54. The number of aromatic nitrogens is 1. The number of nitrogens with zero attached hydrogens (tertiary/aromatic N) is 2. The SMILES string of the molecule is Cc1ncccc1N1CC(C)NCC1c1ccccc1. The van der Waals surface area contributed by atoms with E-state index in [0.717, 1.165) is 18.8 Å². The molecule has 0 amide bonds. The Balaban J connectivity index is 1.98. The molecular formula is C17H21N3. The van der Waals surface area contributed by atoms with Crippen molar-refractivity contribution >= 4 is 5.69 Å². The highest BCUT2D eigenvalue weighted by Crippen LogP contribution is 2.30. The molecule has 2 atom stereocenters. The van der Waals surface area contributed by atoms with Gasteiger partial charge >= 0.3 is 0 Å². The first kappa shape index (κ1) is 13.1. The van der Waals surface area contributed by atoms with Crippen LogP contribution in [0.2, 0.25) is 0 Å². The molecular weight excluding hydrogens is 246 g/mol. The van der Waals surface area contributed by atoms with E-state index in [1.807, 2.05) is 12.3 Å². The van der Waals surface area contributed by atoms with E-state index in [9.17, 15) is 0 Å². The number of nitrogens with one attached hydrogen (secondary N) is 1. The summed E-state index contributed by atoms with van der Waals surface area (Å²) < 4.78 is 0. The quantitative estimate of drug-likeness (QED) is 0.907. The molecule has 1 aromatic carbocycles. The summed E-state index contributed by atoms with van der Waals surface area (Å²) in [6, 6.07) is 15.8. The number of piperazine rings is 1. The Hall–Kier alpha value is -1.87. The fraction of sp³-hybridized carbons (Fsp3) is 0.353. The van der Waals surface area contributed by atoms with Gasteiger partial charge < -0.3 is 10.2 Å². The summed E-state index contributed by atoms with van der Waals surface area (Å²) >= 11 is 0. The third-order valence-corrected chi connectivity index (χ3v) is 3.98. The predicted molar refractivity (Wildman–Crippen MR) is 83.0 cm³/mol. The zero-order chi connectivity index (χ0) is 13.9. The van der Waals surface area contributed by atoms with Gasteiger partial charge in [0.05, 0.1) is 17.4 Å². The maximum absolute atomic E-state index is 4.45. The molecule has 3 rings (SSSR count). The van der Waals surface area contributed by atoms with Crippen LogP contribution in [0.15, 0.2) is 48.7 Å². The first-order valence-electron chi connectivity index (χ1n) is 7.22. The van der Waals surface area contributed by atoms with Gasteiger partial charge in [0.25, 0.3) is 0 Å². The summed E-state index contributed by atoms with van der Waals surface area (Å²) in [5, 5.41) is 3.59. The van der Waals surface area contributed by atoms with Gasteiger partial charge in [-0.15, -0.1) is 0 Å². The number of anilines is 1. The molecule has 1 aliphatic rings. The maximum Gasteiger partial charge on any atom is 0.0668 e. The van der Waals surface area contributed by atoms with E-state index >= 15 is 0 Å². The zero-order valence-electron chi connectivity index (χ0n) is 12.1. The molecule has 0 aliphatic carbocycles. The summed E-state index contributed by atoms with van der Waals surface area (Å²) in [6.45, 7) is 6.30. The Morgan fingerprint density at radius 1 is 1.15 bits per heavy atom. The van der Waals surface area contributed by atoms with Gasteiger partial charge in [-0.05, 0) is 31.5 Å². The van der Waals surface area contributed by atoms with E-state index in [-0.39, 0.29) is 0 Å². The number of hydrogen-bond acceptors (Lipinski definition) is 3. The van der Waals surface area contributed by atoms with Crippen molar-refractivity contribution in [1.82, 2.24) is 10.3 Å². The molecule has 0 bridgehead atoms. The Labute approximate surface area is 120 Å². The second-order valence-electron chi connectivity index (χ2n) is 5.50. The molecule has 1 fully saturated rings. The molecule has 1 aliphatic heterocycles. The minimum atomic E-state index is 0.371. The average Bonchev–Trinajstić information content (AvgIpc) is 2.48. The molecule has 0 saturated carbocycles. The summed E-state index contributed by atoms with van der Waals surface area (Å²) in [7, 11) is 0. The summed E-state index contributed by atoms with van der Waals surface area (Å²) in [4.78, 5) is 6.93. The topological polar surface area (TPSA) is 28.2 Å². The lowest BCUT2D eigenvalue weighted by Crippen LogP contribution is -2.51. The normalized spacial score (nSPS) is 22.8. The molecule has 1 aromatic heterocycles. The highest BCUT2D eigenvalue weighted by Gasteiger charge is 2.28. The molecule has 3 nitrogen and oxygen atoms in total. The average molecular weight is 267 g/mol. The van der Waals surface area contributed by atoms with Crippen molar-refractivity contribution in [2.24, 2.45) is 0 Å². The van der Waals surface area contributed by atoms with E-state index in [2.05, 4.69) is 65.4 Å². The van der Waals surface area contributed by atoms with E-state index in [1.165, 1.54) is 11.3 Å². The predicted octanol–water partition coefficient (Wildman–Crippen LogP) is 2.93. The van der Waals surface area contributed by atoms with Crippen LogP contribution in [0.5, 0.6) is 0 Å². The molecule has 104 valence electrons. The first-order chi connectivity index (χ1) is 9.75. The van der Waals surface area contributed by atoms with E-state index < -0.39 is 0 Å². The number of hydrogen-bond donors (Lipinski definition) is 1. The van der Waals surface area contributed by atoms with Crippen LogP contribution in [-0.2, 0) is 0 Å². The van der Waals surface area contributed by atoms with Crippen LogP contribution >= 0.6 is 0 Å². The number of rotatable bonds is 2. The lowest BCUT2D eigenvalue weighted by atomic mass is 10.0. The van der Waals surface area contributed by atoms with Crippen molar-refractivity contribution in [2.45, 2.75) is 25.9 Å². The standard InChI is InChI=1S/C17H21N3/c1-13-12-20(16-9-6-10-18-14(16)2)17(11-19-13)15-7-4-3-5-8-15/h3-10,13,17,19H,11-12H2,1-2H3. The molecule has 0 spiro atoms. The molecule has 3 heteroatoms. The van der Waals surface area contributed by atoms with Crippen molar-refractivity contribution in [1.29, 1.82) is 0 Å². The smallest absolute Gasteiger partial charge is 0.0668 e. The molecule has 20 heavy (non-hydrogen) atoms. The van der Waals surface area contributed by atoms with Gasteiger partial charge in [0, 0.05) is 25.3 Å². The van der Waals surface area contributed by atoms with Crippen LogP contribution in [0.3, 0.4) is 0 Å². The van der Waals surface area contributed by atoms with Gasteiger partial charge in [-0.3, -0.25) is 4.98 Å². The van der Waals surface area contributed by atoms with Crippen molar-refractivity contribution < 1.29 is 0 Å². The minimum Gasteiger partial charge on any atom is -0.360 e. The molecule has 1 N–H and O–H groups in total. The molecule has 2 aromatic rings. The van der Waals surface area contributed by atoms with Gasteiger partial charge in [-0.2, -0.15) is 0 Å².